The van der Waals surface area contributed by atoms with Crippen LogP contribution in [0.2, 0.25) is 0 Å². The molecule has 0 saturated carbocycles. The van der Waals surface area contributed by atoms with Crippen molar-refractivity contribution in [3.63, 3.8) is 0 Å². The number of rotatable bonds is 3. The van der Waals surface area contributed by atoms with Crippen LogP contribution in [0.3, 0.4) is 0 Å². The quantitative estimate of drug-likeness (QED) is 0.602. The van der Waals surface area contributed by atoms with Crippen molar-refractivity contribution in [1.29, 1.82) is 0 Å². The number of hydrogen-bond acceptors (Lipinski definition) is 3. The smallest absolute Gasteiger partial charge is 0.160 e. The molecule has 0 radical (unpaired) electrons. The van der Waals surface area contributed by atoms with Crippen LogP contribution in [0.5, 0.6) is 11.5 Å². The molecule has 1 aromatic carbocycles. The number of ether oxygens (including phenoxy) is 1. The fraction of sp³-hybridized carbons (Fsp3) is 0.333. The van der Waals surface area contributed by atoms with Crippen LogP contribution in [0.1, 0.15) is 11.7 Å². The molecule has 1 unspecified atom stereocenters. The lowest BCUT2D eigenvalue weighted by molar-refractivity contribution is -0.385. The average molecular weight is 184 g/mol. The van der Waals surface area contributed by atoms with E-state index in [0.717, 1.165) is 0 Å². The minimum Gasteiger partial charge on any atom is -0.504 e. The van der Waals surface area contributed by atoms with Gasteiger partial charge in [0.25, 0.3) is 0 Å². The van der Waals surface area contributed by atoms with Crippen molar-refractivity contribution in [2.75, 3.05) is 13.7 Å². The topological polar surface area (TPSA) is 77.3 Å². The molecular formula is C9H14NO3+. The van der Waals surface area contributed by atoms with Gasteiger partial charge in [0, 0.05) is 0 Å². The van der Waals surface area contributed by atoms with Crippen LogP contribution in [-0.2, 0) is 0 Å². The van der Waals surface area contributed by atoms with E-state index in [1.165, 1.54) is 13.2 Å². The van der Waals surface area contributed by atoms with Crippen LogP contribution in [0.15, 0.2) is 18.2 Å². The van der Waals surface area contributed by atoms with Crippen LogP contribution in [0.4, 0.5) is 0 Å². The zero-order valence-electron chi connectivity index (χ0n) is 7.53. The molecule has 0 bridgehead atoms. The maximum absolute atomic E-state index is 9.44. The van der Waals surface area contributed by atoms with E-state index in [4.69, 9.17) is 4.74 Å². The van der Waals surface area contributed by atoms with Gasteiger partial charge in [-0.15, -0.1) is 0 Å². The van der Waals surface area contributed by atoms with Gasteiger partial charge in [0.1, 0.15) is 12.6 Å². The van der Waals surface area contributed by atoms with Crippen molar-refractivity contribution in [3.8, 4) is 11.5 Å². The maximum Gasteiger partial charge on any atom is 0.160 e. The first kappa shape index (κ1) is 9.83. The summed E-state index contributed by atoms with van der Waals surface area (Å²) in [5, 5.41) is 18.7. The largest absolute Gasteiger partial charge is 0.504 e. The lowest BCUT2D eigenvalue weighted by Gasteiger charge is -2.09. The van der Waals surface area contributed by atoms with Gasteiger partial charge in [0.15, 0.2) is 11.5 Å². The minimum absolute atomic E-state index is 0.0718. The second-order valence-corrected chi connectivity index (χ2v) is 2.74. The third kappa shape index (κ3) is 2.11. The summed E-state index contributed by atoms with van der Waals surface area (Å²) in [6.45, 7) is 0.397. The molecule has 0 spiro atoms. The van der Waals surface area contributed by atoms with E-state index in [9.17, 15) is 10.2 Å². The first-order chi connectivity index (χ1) is 6.19. The summed E-state index contributed by atoms with van der Waals surface area (Å²) >= 11 is 0. The Kier molecular flexibility index (Phi) is 3.11. The van der Waals surface area contributed by atoms with Crippen LogP contribution in [0.25, 0.3) is 0 Å². The van der Waals surface area contributed by atoms with Crippen molar-refractivity contribution in [2.45, 2.75) is 6.10 Å². The predicted octanol–water partition coefficient (Wildman–Crippen LogP) is -0.324. The summed E-state index contributed by atoms with van der Waals surface area (Å²) in [5.74, 6) is 0.438. The molecule has 0 heterocycles. The van der Waals surface area contributed by atoms with Crippen LogP contribution in [-0.4, -0.2) is 23.9 Å². The third-order valence-corrected chi connectivity index (χ3v) is 1.86. The molecule has 1 atom stereocenters. The number of benzene rings is 1. The molecule has 0 saturated heterocycles. The standard InChI is InChI=1S/C9H13NO3/c1-13-9-4-6(8(12)5-10)2-3-7(9)11/h2-4,8,11-12H,5,10H2,1H3/p+1. The number of quaternary nitrogens is 1. The number of phenols is 1. The highest BCUT2D eigenvalue weighted by molar-refractivity contribution is 5.42. The van der Waals surface area contributed by atoms with Crippen LogP contribution >= 0.6 is 0 Å². The van der Waals surface area contributed by atoms with E-state index in [0.29, 0.717) is 17.9 Å². The molecule has 0 aliphatic rings. The molecule has 1 aromatic rings. The Morgan fingerprint density at radius 2 is 2.23 bits per heavy atom. The molecule has 4 heteroatoms. The normalized spacial score (nSPS) is 12.5. The average Bonchev–Trinajstić information content (AvgIpc) is 2.17. The summed E-state index contributed by atoms with van der Waals surface area (Å²) in [6.07, 6.45) is -0.602. The molecule has 72 valence electrons. The van der Waals surface area contributed by atoms with Gasteiger partial charge < -0.3 is 20.7 Å². The predicted molar refractivity (Wildman–Crippen MR) is 47.4 cm³/mol. The first-order valence-electron chi connectivity index (χ1n) is 4.03. The second-order valence-electron chi connectivity index (χ2n) is 2.74. The Hall–Kier alpha value is -1.26. The number of methoxy groups -OCH3 is 1. The van der Waals surface area contributed by atoms with Gasteiger partial charge in [-0.1, -0.05) is 6.07 Å². The summed E-state index contributed by atoms with van der Waals surface area (Å²) in [7, 11) is 1.47. The fourth-order valence-electron chi connectivity index (χ4n) is 1.07. The summed E-state index contributed by atoms with van der Waals surface area (Å²) < 4.78 is 4.90. The molecule has 5 N–H and O–H groups in total. The summed E-state index contributed by atoms with van der Waals surface area (Å²) in [5.41, 5.74) is 4.29. The molecule has 0 aliphatic carbocycles. The van der Waals surface area contributed by atoms with Crippen molar-refractivity contribution in [1.82, 2.24) is 0 Å². The van der Waals surface area contributed by atoms with Gasteiger partial charge in [-0.3, -0.25) is 0 Å². The Morgan fingerprint density at radius 3 is 2.77 bits per heavy atom. The fourth-order valence-corrected chi connectivity index (χ4v) is 1.07. The maximum atomic E-state index is 9.44. The van der Waals surface area contributed by atoms with Gasteiger partial charge in [-0.05, 0) is 17.7 Å². The number of phenolic OH excluding ortho intramolecular Hbond substituents is 1. The van der Waals surface area contributed by atoms with Crippen molar-refractivity contribution in [3.05, 3.63) is 23.8 Å². The highest BCUT2D eigenvalue weighted by Crippen LogP contribution is 2.28. The van der Waals surface area contributed by atoms with Crippen molar-refractivity contribution >= 4 is 0 Å². The second kappa shape index (κ2) is 4.11. The molecule has 4 nitrogen and oxygen atoms in total. The molecule has 0 fully saturated rings. The number of aromatic hydroxyl groups is 1. The van der Waals surface area contributed by atoms with Crippen LogP contribution in [0, 0.1) is 0 Å². The van der Waals surface area contributed by atoms with Gasteiger partial charge in [-0.2, -0.15) is 0 Å². The van der Waals surface area contributed by atoms with E-state index in [2.05, 4.69) is 5.73 Å². The highest BCUT2D eigenvalue weighted by Gasteiger charge is 2.10. The van der Waals surface area contributed by atoms with Crippen LogP contribution < -0.4 is 10.5 Å². The van der Waals surface area contributed by atoms with E-state index in [-0.39, 0.29) is 5.75 Å². The van der Waals surface area contributed by atoms with Gasteiger partial charge in [0.2, 0.25) is 0 Å². The number of aliphatic hydroxyl groups is 1. The third-order valence-electron chi connectivity index (χ3n) is 1.86. The van der Waals surface area contributed by atoms with E-state index >= 15 is 0 Å². The summed E-state index contributed by atoms with van der Waals surface area (Å²) in [6, 6.07) is 4.74. The lowest BCUT2D eigenvalue weighted by Crippen LogP contribution is -2.52. The lowest BCUT2D eigenvalue weighted by atomic mass is 10.1. The Bertz CT molecular complexity index is 288. The van der Waals surface area contributed by atoms with Gasteiger partial charge in [0.05, 0.1) is 7.11 Å². The van der Waals surface area contributed by atoms with Crippen molar-refractivity contribution in [2.24, 2.45) is 0 Å². The number of aliphatic hydroxyl groups excluding tert-OH is 1. The molecule has 13 heavy (non-hydrogen) atoms. The Balaban J connectivity index is 2.99. The van der Waals surface area contributed by atoms with E-state index in [1.54, 1.807) is 12.1 Å². The minimum atomic E-state index is -0.602. The molecule has 1 rings (SSSR count). The zero-order chi connectivity index (χ0) is 9.84. The molecular weight excluding hydrogens is 170 g/mol. The monoisotopic (exact) mass is 184 g/mol. The summed E-state index contributed by atoms with van der Waals surface area (Å²) in [4.78, 5) is 0. The number of hydrogen-bond donors (Lipinski definition) is 3. The molecule has 0 aromatic heterocycles. The van der Waals surface area contributed by atoms with E-state index < -0.39 is 6.10 Å². The first-order valence-corrected chi connectivity index (χ1v) is 4.03. The Labute approximate surface area is 76.6 Å². The molecule has 0 aliphatic heterocycles. The Morgan fingerprint density at radius 1 is 1.54 bits per heavy atom. The SMILES string of the molecule is COc1cc(C(O)C[NH3+])ccc1O. The van der Waals surface area contributed by atoms with Gasteiger partial charge in [-0.25, -0.2) is 0 Å². The van der Waals surface area contributed by atoms with Gasteiger partial charge >= 0.3 is 0 Å². The van der Waals surface area contributed by atoms with E-state index in [1.807, 2.05) is 0 Å². The highest BCUT2D eigenvalue weighted by atomic mass is 16.5. The molecule has 0 amide bonds. The van der Waals surface area contributed by atoms with Crippen molar-refractivity contribution < 1.29 is 20.7 Å². The zero-order valence-corrected chi connectivity index (χ0v) is 7.53.